The van der Waals surface area contributed by atoms with E-state index in [1.54, 1.807) is 36.0 Å². The largest absolute Gasteiger partial charge is 0.457 e. The van der Waals surface area contributed by atoms with Gasteiger partial charge in [0.15, 0.2) is 0 Å². The van der Waals surface area contributed by atoms with Gasteiger partial charge in [-0.05, 0) is 48.2 Å². The van der Waals surface area contributed by atoms with E-state index in [9.17, 15) is 9.59 Å². The van der Waals surface area contributed by atoms with Gasteiger partial charge < -0.3 is 10.1 Å². The topological polar surface area (TPSA) is 55.4 Å². The normalized spacial score (nSPS) is 10.1. The minimum atomic E-state index is -0.386. The third kappa shape index (κ3) is 4.63. The fraction of sp³-hybridized carbons (Fsp3) is 0.176. The monoisotopic (exact) mass is 315 g/mol. The van der Waals surface area contributed by atoms with Crippen LogP contribution in [0.5, 0.6) is 0 Å². The van der Waals surface area contributed by atoms with Gasteiger partial charge in [0.05, 0.1) is 5.56 Å². The molecule has 0 aliphatic rings. The minimum absolute atomic E-state index is 0.149. The van der Waals surface area contributed by atoms with Crippen LogP contribution in [0.25, 0.3) is 0 Å². The number of ether oxygens (including phenoxy) is 1. The smallest absolute Gasteiger partial charge is 0.338 e. The van der Waals surface area contributed by atoms with Gasteiger partial charge in [0, 0.05) is 17.5 Å². The Bertz CT molecular complexity index is 651. The van der Waals surface area contributed by atoms with Crippen molar-refractivity contribution in [2.75, 3.05) is 11.6 Å². The highest BCUT2D eigenvalue weighted by molar-refractivity contribution is 7.98. The molecule has 0 spiro atoms. The molecule has 0 radical (unpaired) electrons. The predicted octanol–water partition coefficient (Wildman–Crippen LogP) is 3.72. The third-order valence-electron chi connectivity index (χ3n) is 2.97. The van der Waals surface area contributed by atoms with E-state index in [1.165, 1.54) is 11.8 Å². The molecule has 0 heterocycles. The molecule has 5 heteroatoms. The van der Waals surface area contributed by atoms with E-state index in [-0.39, 0.29) is 18.5 Å². The summed E-state index contributed by atoms with van der Waals surface area (Å²) < 4.78 is 5.28. The number of nitrogens with one attached hydrogen (secondary N) is 1. The summed E-state index contributed by atoms with van der Waals surface area (Å²) in [6.45, 7) is 1.67. The summed E-state index contributed by atoms with van der Waals surface area (Å²) in [5, 5.41) is 2.65. The molecule has 0 aromatic heterocycles. The van der Waals surface area contributed by atoms with E-state index in [4.69, 9.17) is 4.74 Å². The van der Waals surface area contributed by atoms with Crippen LogP contribution in [0.1, 0.15) is 22.8 Å². The molecule has 1 N–H and O–H groups in total. The van der Waals surface area contributed by atoms with Crippen molar-refractivity contribution in [3.8, 4) is 0 Å². The lowest BCUT2D eigenvalue weighted by Gasteiger charge is -2.07. The van der Waals surface area contributed by atoms with Gasteiger partial charge in [-0.15, -0.1) is 11.8 Å². The number of amides is 1. The zero-order valence-electron chi connectivity index (χ0n) is 12.5. The van der Waals surface area contributed by atoms with Crippen molar-refractivity contribution in [2.45, 2.75) is 18.4 Å². The van der Waals surface area contributed by atoms with Gasteiger partial charge in [-0.2, -0.15) is 0 Å². The summed E-state index contributed by atoms with van der Waals surface area (Å²) >= 11 is 1.67. The first-order chi connectivity index (χ1) is 10.6. The molecule has 0 bridgehead atoms. The van der Waals surface area contributed by atoms with E-state index < -0.39 is 0 Å². The fourth-order valence-electron chi connectivity index (χ4n) is 1.85. The molecule has 2 aromatic rings. The van der Waals surface area contributed by atoms with Gasteiger partial charge in [-0.25, -0.2) is 4.79 Å². The van der Waals surface area contributed by atoms with Crippen LogP contribution in [0.2, 0.25) is 0 Å². The zero-order chi connectivity index (χ0) is 15.9. The summed E-state index contributed by atoms with van der Waals surface area (Å²) in [5.41, 5.74) is 2.05. The van der Waals surface area contributed by atoms with Gasteiger partial charge in [-0.3, -0.25) is 4.79 Å². The fourth-order valence-corrected chi connectivity index (χ4v) is 2.26. The molecule has 0 saturated heterocycles. The molecule has 0 unspecified atom stereocenters. The lowest BCUT2D eigenvalue weighted by atomic mass is 10.2. The predicted molar refractivity (Wildman–Crippen MR) is 88.1 cm³/mol. The first kappa shape index (κ1) is 16.1. The zero-order valence-corrected chi connectivity index (χ0v) is 13.3. The van der Waals surface area contributed by atoms with E-state index in [0.717, 1.165) is 5.56 Å². The molecule has 0 aliphatic heterocycles. The van der Waals surface area contributed by atoms with Crippen LogP contribution in [-0.4, -0.2) is 18.1 Å². The van der Waals surface area contributed by atoms with Gasteiger partial charge in [-0.1, -0.05) is 12.1 Å². The van der Waals surface area contributed by atoms with Crippen LogP contribution in [0.15, 0.2) is 53.4 Å². The summed E-state index contributed by atoms with van der Waals surface area (Å²) in [4.78, 5) is 24.1. The van der Waals surface area contributed by atoms with Crippen LogP contribution in [0, 0.1) is 0 Å². The Morgan fingerprint density at radius 2 is 1.68 bits per heavy atom. The molecule has 2 rings (SSSR count). The number of anilines is 1. The summed E-state index contributed by atoms with van der Waals surface area (Å²) in [6.07, 6.45) is 2.01. The number of esters is 1. The Hall–Kier alpha value is -2.27. The van der Waals surface area contributed by atoms with Gasteiger partial charge in [0.2, 0.25) is 5.91 Å². The third-order valence-corrected chi connectivity index (χ3v) is 3.71. The highest BCUT2D eigenvalue weighted by atomic mass is 32.2. The highest BCUT2D eigenvalue weighted by Gasteiger charge is 2.07. The summed E-state index contributed by atoms with van der Waals surface area (Å²) in [5.74, 6) is -0.535. The SMILES string of the molecule is CSc1ccc(COC(=O)c2ccc(NC(C)=O)cc2)cc1. The van der Waals surface area contributed by atoms with E-state index in [1.807, 2.05) is 30.5 Å². The van der Waals surface area contributed by atoms with Crippen molar-refractivity contribution in [3.05, 3.63) is 59.7 Å². The number of thioether (sulfide) groups is 1. The molecule has 22 heavy (non-hydrogen) atoms. The van der Waals surface area contributed by atoms with Crippen LogP contribution in [0.4, 0.5) is 5.69 Å². The standard InChI is InChI=1S/C17H17NO3S/c1-12(19)18-15-7-5-14(6-8-15)17(20)21-11-13-3-9-16(22-2)10-4-13/h3-10H,11H2,1-2H3,(H,18,19). The summed E-state index contributed by atoms with van der Waals surface area (Å²) in [6, 6.07) is 14.5. The van der Waals surface area contributed by atoms with Gasteiger partial charge in [0.1, 0.15) is 6.61 Å². The maximum absolute atomic E-state index is 12.0. The molecular formula is C17H17NO3S. The molecule has 0 saturated carbocycles. The second-order valence-electron chi connectivity index (χ2n) is 4.68. The van der Waals surface area contributed by atoms with Crippen LogP contribution in [-0.2, 0) is 16.1 Å². The first-order valence-electron chi connectivity index (χ1n) is 6.76. The van der Waals surface area contributed by atoms with Gasteiger partial charge >= 0.3 is 5.97 Å². The van der Waals surface area contributed by atoms with Gasteiger partial charge in [0.25, 0.3) is 0 Å². The molecule has 1 amide bonds. The maximum atomic E-state index is 12.0. The second-order valence-corrected chi connectivity index (χ2v) is 5.56. The Morgan fingerprint density at radius 3 is 2.23 bits per heavy atom. The Morgan fingerprint density at radius 1 is 1.05 bits per heavy atom. The molecule has 114 valence electrons. The van der Waals surface area contributed by atoms with Crippen LogP contribution in [0.3, 0.4) is 0 Å². The van der Waals surface area contributed by atoms with E-state index in [2.05, 4.69) is 5.32 Å². The minimum Gasteiger partial charge on any atom is -0.457 e. The quantitative estimate of drug-likeness (QED) is 0.675. The lowest BCUT2D eigenvalue weighted by molar-refractivity contribution is -0.114. The van der Waals surface area contributed by atoms with Crippen molar-refractivity contribution < 1.29 is 14.3 Å². The Kier molecular flexibility index (Phi) is 5.61. The van der Waals surface area contributed by atoms with Crippen molar-refractivity contribution >= 4 is 29.3 Å². The number of benzene rings is 2. The van der Waals surface area contributed by atoms with Crippen molar-refractivity contribution in [1.29, 1.82) is 0 Å². The van der Waals surface area contributed by atoms with Crippen molar-refractivity contribution in [2.24, 2.45) is 0 Å². The Labute approximate surface area is 133 Å². The molecule has 2 aromatic carbocycles. The molecule has 0 aliphatic carbocycles. The highest BCUT2D eigenvalue weighted by Crippen LogP contribution is 2.16. The average Bonchev–Trinajstić information content (AvgIpc) is 2.53. The van der Waals surface area contributed by atoms with Crippen molar-refractivity contribution in [3.63, 3.8) is 0 Å². The number of carbonyl (C=O) groups is 2. The van der Waals surface area contributed by atoms with Crippen molar-refractivity contribution in [1.82, 2.24) is 0 Å². The molecule has 0 atom stereocenters. The average molecular weight is 315 g/mol. The van der Waals surface area contributed by atoms with E-state index in [0.29, 0.717) is 11.3 Å². The Balaban J connectivity index is 1.92. The number of carbonyl (C=O) groups excluding carboxylic acids is 2. The number of hydrogen-bond donors (Lipinski definition) is 1. The lowest BCUT2D eigenvalue weighted by Crippen LogP contribution is -2.07. The first-order valence-corrected chi connectivity index (χ1v) is 7.98. The maximum Gasteiger partial charge on any atom is 0.338 e. The number of rotatable bonds is 5. The summed E-state index contributed by atoms with van der Waals surface area (Å²) in [7, 11) is 0. The molecule has 4 nitrogen and oxygen atoms in total. The van der Waals surface area contributed by atoms with E-state index >= 15 is 0 Å². The molecule has 0 fully saturated rings. The second kappa shape index (κ2) is 7.66. The van der Waals surface area contributed by atoms with Crippen LogP contribution < -0.4 is 5.32 Å². The van der Waals surface area contributed by atoms with Crippen LogP contribution >= 0.6 is 11.8 Å². The molecular weight excluding hydrogens is 298 g/mol. The number of hydrogen-bond acceptors (Lipinski definition) is 4.